The number of nitrogens with zero attached hydrogens (tertiary/aromatic N) is 2. The van der Waals surface area contributed by atoms with Gasteiger partial charge < -0.3 is 9.47 Å². The smallest absolute Gasteiger partial charge is 0.414 e. The van der Waals surface area contributed by atoms with Gasteiger partial charge in [0.15, 0.2) is 0 Å². The van der Waals surface area contributed by atoms with Crippen molar-refractivity contribution >= 4 is 29.1 Å². The molecule has 0 atom stereocenters. The van der Waals surface area contributed by atoms with E-state index in [0.717, 1.165) is 5.56 Å². The highest BCUT2D eigenvalue weighted by Gasteiger charge is 2.19. The molecule has 0 bridgehead atoms. The van der Waals surface area contributed by atoms with Crippen LogP contribution in [0.15, 0.2) is 48.5 Å². The molecule has 2 aromatic carbocycles. The fourth-order valence-electron chi connectivity index (χ4n) is 2.49. The molecule has 0 saturated carbocycles. The van der Waals surface area contributed by atoms with Gasteiger partial charge in [0.25, 0.3) is 0 Å². The van der Waals surface area contributed by atoms with E-state index in [1.165, 1.54) is 4.57 Å². The second-order valence-electron chi connectivity index (χ2n) is 6.06. The molecule has 0 fully saturated rings. The number of aryl methyl sites for hydroxylation is 1. The van der Waals surface area contributed by atoms with E-state index in [2.05, 4.69) is 10.3 Å². The van der Waals surface area contributed by atoms with Crippen molar-refractivity contribution in [2.75, 3.05) is 5.32 Å². The number of hydrogen-bond donors (Lipinski definition) is 2. The first kappa shape index (κ1) is 17.5. The number of ether oxygens (including phenoxy) is 2. The van der Waals surface area contributed by atoms with Crippen LogP contribution in [0.5, 0.6) is 5.75 Å². The topological polar surface area (TPSA) is 89.2 Å². The largest absolute Gasteiger partial charge is 0.447 e. The average Bonchev–Trinajstić information content (AvgIpc) is 2.91. The summed E-state index contributed by atoms with van der Waals surface area (Å²) in [5, 5.41) is 11.0. The Balaban J connectivity index is 1.95. The molecular weight excluding hydrogens is 332 g/mol. The molecule has 1 amide bonds. The van der Waals surface area contributed by atoms with Gasteiger partial charge in [0.1, 0.15) is 5.75 Å². The van der Waals surface area contributed by atoms with Crippen molar-refractivity contribution in [2.45, 2.75) is 26.9 Å². The fourth-order valence-corrected chi connectivity index (χ4v) is 2.49. The second-order valence-corrected chi connectivity index (χ2v) is 6.06. The van der Waals surface area contributed by atoms with E-state index in [0.29, 0.717) is 16.8 Å². The Morgan fingerprint density at radius 1 is 1.19 bits per heavy atom. The first-order valence-corrected chi connectivity index (χ1v) is 8.22. The molecule has 0 saturated heterocycles. The molecule has 134 valence electrons. The lowest BCUT2D eigenvalue weighted by molar-refractivity contribution is 0.129. The Bertz CT molecular complexity index is 962. The molecular formula is C19H20N4O3. The lowest BCUT2D eigenvalue weighted by atomic mass is 10.2. The number of para-hydroxylation sites is 2. The summed E-state index contributed by atoms with van der Waals surface area (Å²) in [5.41, 5.74) is 2.29. The highest BCUT2D eigenvalue weighted by atomic mass is 16.6. The van der Waals surface area contributed by atoms with Crippen LogP contribution in [0, 0.1) is 12.3 Å². The Morgan fingerprint density at radius 2 is 1.96 bits per heavy atom. The Morgan fingerprint density at radius 3 is 2.69 bits per heavy atom. The number of hydrogen-bond acceptors (Lipinski definition) is 5. The van der Waals surface area contributed by atoms with Crippen LogP contribution in [-0.4, -0.2) is 27.8 Å². The minimum Gasteiger partial charge on any atom is -0.447 e. The quantitative estimate of drug-likeness (QED) is 0.547. The van der Waals surface area contributed by atoms with Gasteiger partial charge in [-0.25, -0.2) is 14.3 Å². The molecule has 0 aliphatic heterocycles. The Hall–Kier alpha value is -3.35. The molecule has 0 unspecified atom stereocenters. The molecule has 0 aliphatic carbocycles. The van der Waals surface area contributed by atoms with E-state index < -0.39 is 6.09 Å². The predicted molar refractivity (Wildman–Crippen MR) is 99.9 cm³/mol. The van der Waals surface area contributed by atoms with Crippen molar-refractivity contribution < 1.29 is 14.3 Å². The van der Waals surface area contributed by atoms with Crippen molar-refractivity contribution in [3.8, 4) is 5.75 Å². The van der Waals surface area contributed by atoms with Gasteiger partial charge >= 0.3 is 12.1 Å². The predicted octanol–water partition coefficient (Wildman–Crippen LogP) is 4.16. The third kappa shape index (κ3) is 3.83. The van der Waals surface area contributed by atoms with Gasteiger partial charge in [-0.3, -0.25) is 10.7 Å². The molecule has 3 aromatic rings. The summed E-state index contributed by atoms with van der Waals surface area (Å²) in [4.78, 5) is 16.3. The second kappa shape index (κ2) is 7.26. The van der Waals surface area contributed by atoms with Gasteiger partial charge in [-0.2, -0.15) is 0 Å². The number of amides is 1. The van der Waals surface area contributed by atoms with Crippen LogP contribution in [0.4, 0.5) is 10.7 Å². The van der Waals surface area contributed by atoms with Crippen LogP contribution >= 0.6 is 0 Å². The zero-order chi connectivity index (χ0) is 18.7. The van der Waals surface area contributed by atoms with Gasteiger partial charge in [-0.15, -0.1) is 0 Å². The van der Waals surface area contributed by atoms with Crippen LogP contribution in [-0.2, 0) is 4.74 Å². The number of rotatable bonds is 3. The van der Waals surface area contributed by atoms with Crippen LogP contribution < -0.4 is 10.1 Å². The first-order valence-electron chi connectivity index (χ1n) is 8.22. The maximum absolute atomic E-state index is 12.0. The number of imidazole rings is 1. The van der Waals surface area contributed by atoms with Crippen LogP contribution in [0.3, 0.4) is 0 Å². The number of carbonyl (C=O) groups excluding carboxylic acids is 1. The molecule has 3 rings (SSSR count). The lowest BCUT2D eigenvalue weighted by Gasteiger charge is -2.13. The summed E-state index contributed by atoms with van der Waals surface area (Å²) < 4.78 is 12.2. The minimum atomic E-state index is -0.639. The first-order chi connectivity index (χ1) is 12.4. The molecule has 1 aromatic heterocycles. The van der Waals surface area contributed by atoms with E-state index in [1.54, 1.807) is 32.0 Å². The minimum absolute atomic E-state index is 0.162. The maximum Gasteiger partial charge on any atom is 0.414 e. The standard InChI is InChI=1S/C19H20N4O3/c1-12(2)25-19(24)22-18-21-15-9-4-5-10-16(15)23(18)17(20)26-14-8-6-7-13(3)11-14/h4-12,20H,1-3H3,(H,21,22,24). The van der Waals surface area contributed by atoms with E-state index in [1.807, 2.05) is 37.3 Å². The normalized spacial score (nSPS) is 10.8. The Labute approximate surface area is 151 Å². The monoisotopic (exact) mass is 352 g/mol. The van der Waals surface area contributed by atoms with Gasteiger partial charge in [-0.05, 0) is 50.6 Å². The van der Waals surface area contributed by atoms with Crippen molar-refractivity contribution in [1.29, 1.82) is 5.41 Å². The summed E-state index contributed by atoms with van der Waals surface area (Å²) >= 11 is 0. The fraction of sp³-hybridized carbons (Fsp3) is 0.211. The van der Waals surface area contributed by atoms with Gasteiger partial charge in [-0.1, -0.05) is 24.3 Å². The molecule has 7 nitrogen and oxygen atoms in total. The summed E-state index contributed by atoms with van der Waals surface area (Å²) in [6.07, 6.45) is -0.907. The van der Waals surface area contributed by atoms with Gasteiger partial charge in [0.2, 0.25) is 5.95 Å². The molecule has 2 N–H and O–H groups in total. The highest BCUT2D eigenvalue weighted by molar-refractivity contribution is 5.95. The lowest BCUT2D eigenvalue weighted by Crippen LogP contribution is -2.24. The molecule has 0 radical (unpaired) electrons. The van der Waals surface area contributed by atoms with Crippen LogP contribution in [0.25, 0.3) is 11.0 Å². The van der Waals surface area contributed by atoms with Crippen LogP contribution in [0.2, 0.25) is 0 Å². The number of aromatic nitrogens is 2. The van der Waals surface area contributed by atoms with Crippen molar-refractivity contribution in [3.63, 3.8) is 0 Å². The van der Waals surface area contributed by atoms with Crippen molar-refractivity contribution in [2.24, 2.45) is 0 Å². The van der Waals surface area contributed by atoms with E-state index in [9.17, 15) is 4.79 Å². The highest BCUT2D eigenvalue weighted by Crippen LogP contribution is 2.21. The van der Waals surface area contributed by atoms with E-state index in [4.69, 9.17) is 14.9 Å². The maximum atomic E-state index is 12.0. The molecule has 1 heterocycles. The number of benzene rings is 2. The zero-order valence-corrected chi connectivity index (χ0v) is 14.8. The van der Waals surface area contributed by atoms with Crippen molar-refractivity contribution in [1.82, 2.24) is 9.55 Å². The summed E-state index contributed by atoms with van der Waals surface area (Å²) in [5.74, 6) is 0.693. The zero-order valence-electron chi connectivity index (χ0n) is 14.8. The molecule has 0 spiro atoms. The number of nitrogens with one attached hydrogen (secondary N) is 2. The van der Waals surface area contributed by atoms with Crippen LogP contribution in [0.1, 0.15) is 19.4 Å². The molecule has 26 heavy (non-hydrogen) atoms. The van der Waals surface area contributed by atoms with E-state index in [-0.39, 0.29) is 18.1 Å². The number of fused-ring (bicyclic) bond motifs is 1. The van der Waals surface area contributed by atoms with E-state index >= 15 is 0 Å². The van der Waals surface area contributed by atoms with Gasteiger partial charge in [0.05, 0.1) is 17.1 Å². The average molecular weight is 352 g/mol. The Kier molecular flexibility index (Phi) is 4.88. The van der Waals surface area contributed by atoms with Crippen molar-refractivity contribution in [3.05, 3.63) is 54.1 Å². The third-order valence-corrected chi connectivity index (χ3v) is 3.52. The third-order valence-electron chi connectivity index (χ3n) is 3.52. The number of anilines is 1. The van der Waals surface area contributed by atoms with Gasteiger partial charge in [0, 0.05) is 0 Å². The molecule has 7 heteroatoms. The molecule has 0 aliphatic rings. The summed E-state index contributed by atoms with van der Waals surface area (Å²) in [6, 6.07) is 14.5. The summed E-state index contributed by atoms with van der Waals surface area (Å²) in [7, 11) is 0. The number of carbonyl (C=O) groups is 1. The SMILES string of the molecule is Cc1cccc(OC(=N)n2c(NC(=O)OC(C)C)nc3ccccc32)c1. The summed E-state index contributed by atoms with van der Waals surface area (Å²) in [6.45, 7) is 5.45.